The molecule has 2 aromatic carbocycles. The van der Waals surface area contributed by atoms with Gasteiger partial charge in [-0.1, -0.05) is 40.2 Å². The van der Waals surface area contributed by atoms with Crippen molar-refractivity contribution in [2.24, 2.45) is 5.73 Å². The highest BCUT2D eigenvalue weighted by molar-refractivity contribution is 9.09. The van der Waals surface area contributed by atoms with Crippen molar-refractivity contribution in [2.75, 3.05) is 52.4 Å². The summed E-state index contributed by atoms with van der Waals surface area (Å²) in [4.78, 5) is 0. The number of nitrogens with two attached hydrogens (primary N) is 1. The molecule has 2 rings (SSSR count). The predicted octanol–water partition coefficient (Wildman–Crippen LogP) is 4.82. The first-order valence-electron chi connectivity index (χ1n) is 11.9. The Kier molecular flexibility index (Phi) is 20.8. The number of nitrogens with zero attached hydrogens (tertiary/aromatic N) is 2. The van der Waals surface area contributed by atoms with E-state index < -0.39 is 0 Å². The highest BCUT2D eigenvalue weighted by Gasteiger charge is 1.99. The number of ether oxygens (including phenoxy) is 2. The first kappa shape index (κ1) is 32.7. The van der Waals surface area contributed by atoms with Gasteiger partial charge in [0, 0.05) is 32.8 Å². The van der Waals surface area contributed by atoms with E-state index in [0.29, 0.717) is 6.54 Å². The van der Waals surface area contributed by atoms with E-state index in [0.717, 1.165) is 79.6 Å². The fraction of sp³-hybridized carbons (Fsp3) is 0.500. The lowest BCUT2D eigenvalue weighted by molar-refractivity contribution is 0.194. The maximum Gasteiger partial charge on any atom is 0.0994 e. The molecule has 0 unspecified atom stereocenters. The smallest absolute Gasteiger partial charge is 0.0994 e. The van der Waals surface area contributed by atoms with E-state index in [1.165, 1.54) is 11.1 Å². The summed E-state index contributed by atoms with van der Waals surface area (Å²) in [6.07, 6.45) is 4.03. The van der Waals surface area contributed by atoms with Gasteiger partial charge in [0.1, 0.15) is 0 Å². The Balaban J connectivity index is 0.000000557. The highest BCUT2D eigenvalue weighted by Crippen LogP contribution is 2.11. The number of benzene rings is 2. The number of halogens is 1. The van der Waals surface area contributed by atoms with Crippen LogP contribution in [-0.2, 0) is 22.3 Å². The van der Waals surface area contributed by atoms with E-state index in [1.54, 1.807) is 14.2 Å². The predicted molar refractivity (Wildman–Crippen MR) is 148 cm³/mol. The van der Waals surface area contributed by atoms with Crippen molar-refractivity contribution in [3.05, 3.63) is 69.8 Å². The zero-order chi connectivity index (χ0) is 26.3. The molecule has 0 fully saturated rings. The maximum atomic E-state index is 8.83. The third kappa shape index (κ3) is 16.1. The van der Waals surface area contributed by atoms with Crippen molar-refractivity contribution in [2.45, 2.75) is 39.5 Å². The van der Waals surface area contributed by atoms with Gasteiger partial charge in [0.25, 0.3) is 0 Å². The lowest BCUT2D eigenvalue weighted by Crippen LogP contribution is -2.19. The monoisotopic (exact) mass is 544 g/mol. The average molecular weight is 546 g/mol. The summed E-state index contributed by atoms with van der Waals surface area (Å²) < 4.78 is 9.73. The van der Waals surface area contributed by atoms with Crippen LogP contribution in [0.2, 0.25) is 0 Å². The van der Waals surface area contributed by atoms with E-state index in [4.69, 9.17) is 25.7 Å². The normalized spacial score (nSPS) is 9.71. The first-order valence-corrected chi connectivity index (χ1v) is 13.0. The average Bonchev–Trinajstić information content (AvgIpc) is 2.86. The van der Waals surface area contributed by atoms with E-state index in [9.17, 15) is 0 Å². The quantitative estimate of drug-likeness (QED) is 0.293. The molecule has 6 nitrogen and oxygen atoms in total. The Morgan fingerprint density at radius 2 is 1.34 bits per heavy atom. The van der Waals surface area contributed by atoms with Gasteiger partial charge in [-0.25, -0.2) is 0 Å². The van der Waals surface area contributed by atoms with Gasteiger partial charge in [-0.2, -0.15) is 10.5 Å². The topological polar surface area (TPSA) is 104 Å². The molecule has 2 aromatic rings. The van der Waals surface area contributed by atoms with Crippen LogP contribution in [-0.4, -0.2) is 52.4 Å². The van der Waals surface area contributed by atoms with Crippen LogP contribution in [0.1, 0.15) is 46.2 Å². The van der Waals surface area contributed by atoms with E-state index in [1.807, 2.05) is 44.2 Å². The Bertz CT molecular complexity index is 903. The summed E-state index contributed by atoms with van der Waals surface area (Å²) in [7, 11) is 3.43. The second-order valence-corrected chi connectivity index (χ2v) is 8.74. The van der Waals surface area contributed by atoms with Crippen molar-refractivity contribution >= 4 is 15.9 Å². The summed E-state index contributed by atoms with van der Waals surface area (Å²) in [5, 5.41) is 21.9. The minimum absolute atomic E-state index is 0.658. The first-order chi connectivity index (χ1) is 17.0. The lowest BCUT2D eigenvalue weighted by Gasteiger charge is -2.06. The molecule has 0 aliphatic rings. The standard InChI is InChI=1S/C14H20N2O.C10H12N2.C4H9BrO/c1-12-10-13(4-5-14(12)11-15)6-8-16-7-3-9-17-2;1-8-6-9(4-5-11)2-3-10(8)7-12;1-6-4-2-3-5/h4-5,10,16H,3,6-9H2,1-2H3;2-3,6H,4-5,11H2,1H3;2-4H2,1H3. The number of alkyl halides is 1. The zero-order valence-corrected chi connectivity index (χ0v) is 23.3. The fourth-order valence-corrected chi connectivity index (χ4v) is 3.31. The Morgan fingerprint density at radius 3 is 1.74 bits per heavy atom. The Labute approximate surface area is 220 Å². The molecule has 0 atom stereocenters. The SMILES string of the molecule is COCCCBr.COCCCNCCc1ccc(C#N)c(C)c1.Cc1cc(CCN)ccc1C#N. The van der Waals surface area contributed by atoms with Gasteiger partial charge in [0.2, 0.25) is 0 Å². The molecule has 0 heterocycles. The van der Waals surface area contributed by atoms with Crippen molar-refractivity contribution in [1.82, 2.24) is 5.32 Å². The number of nitrogens with one attached hydrogen (secondary N) is 1. The number of rotatable bonds is 12. The lowest BCUT2D eigenvalue weighted by atomic mass is 10.0. The molecular weight excluding hydrogens is 504 g/mol. The van der Waals surface area contributed by atoms with Gasteiger partial charge in [-0.3, -0.25) is 0 Å². The summed E-state index contributed by atoms with van der Waals surface area (Å²) in [6.45, 7) is 8.21. The Hall–Kier alpha value is -2.26. The molecule has 0 bridgehead atoms. The number of hydrogen-bond donors (Lipinski definition) is 2. The molecule has 0 aliphatic carbocycles. The molecule has 35 heavy (non-hydrogen) atoms. The third-order valence-corrected chi connectivity index (χ3v) is 5.59. The molecule has 7 heteroatoms. The minimum Gasteiger partial charge on any atom is -0.385 e. The minimum atomic E-state index is 0.658. The molecule has 0 aliphatic heterocycles. The van der Waals surface area contributed by atoms with Gasteiger partial charge in [-0.05, 0) is 93.6 Å². The fourth-order valence-electron chi connectivity index (χ4n) is 3.08. The highest BCUT2D eigenvalue weighted by atomic mass is 79.9. The summed E-state index contributed by atoms with van der Waals surface area (Å²) >= 11 is 3.27. The van der Waals surface area contributed by atoms with Gasteiger partial charge in [0.05, 0.1) is 23.3 Å². The second-order valence-electron chi connectivity index (χ2n) is 7.94. The molecule has 192 valence electrons. The number of aryl methyl sites for hydroxylation is 2. The van der Waals surface area contributed by atoms with E-state index >= 15 is 0 Å². The van der Waals surface area contributed by atoms with Crippen LogP contribution in [0.25, 0.3) is 0 Å². The van der Waals surface area contributed by atoms with Crippen molar-refractivity contribution in [1.29, 1.82) is 10.5 Å². The molecule has 0 saturated heterocycles. The molecule has 3 N–H and O–H groups in total. The van der Waals surface area contributed by atoms with Gasteiger partial charge >= 0.3 is 0 Å². The van der Waals surface area contributed by atoms with Crippen LogP contribution in [0.4, 0.5) is 0 Å². The van der Waals surface area contributed by atoms with Crippen LogP contribution in [0.15, 0.2) is 36.4 Å². The Morgan fingerprint density at radius 1 is 0.829 bits per heavy atom. The summed E-state index contributed by atoms with van der Waals surface area (Å²) in [5.41, 5.74) is 11.5. The summed E-state index contributed by atoms with van der Waals surface area (Å²) in [6, 6.07) is 16.2. The number of methoxy groups -OCH3 is 2. The van der Waals surface area contributed by atoms with Crippen molar-refractivity contribution in [3.63, 3.8) is 0 Å². The van der Waals surface area contributed by atoms with Gasteiger partial charge in [-0.15, -0.1) is 0 Å². The van der Waals surface area contributed by atoms with E-state index in [-0.39, 0.29) is 0 Å². The van der Waals surface area contributed by atoms with Crippen molar-refractivity contribution in [3.8, 4) is 12.1 Å². The van der Waals surface area contributed by atoms with Crippen LogP contribution in [0.5, 0.6) is 0 Å². The zero-order valence-electron chi connectivity index (χ0n) is 21.7. The van der Waals surface area contributed by atoms with Gasteiger partial charge in [0.15, 0.2) is 0 Å². The van der Waals surface area contributed by atoms with Crippen LogP contribution < -0.4 is 11.1 Å². The van der Waals surface area contributed by atoms with Crippen molar-refractivity contribution < 1.29 is 9.47 Å². The number of nitriles is 2. The van der Waals surface area contributed by atoms with Crippen LogP contribution >= 0.6 is 15.9 Å². The van der Waals surface area contributed by atoms with E-state index in [2.05, 4.69) is 39.5 Å². The maximum absolute atomic E-state index is 8.83. The van der Waals surface area contributed by atoms with Crippen LogP contribution in [0, 0.1) is 36.5 Å². The molecule has 0 spiro atoms. The molecule has 0 amide bonds. The largest absolute Gasteiger partial charge is 0.385 e. The molecule has 0 radical (unpaired) electrons. The molecule has 0 aromatic heterocycles. The molecule has 0 saturated carbocycles. The van der Waals surface area contributed by atoms with Crippen LogP contribution in [0.3, 0.4) is 0 Å². The molecular formula is C28H41BrN4O2. The third-order valence-electron chi connectivity index (χ3n) is 5.03. The summed E-state index contributed by atoms with van der Waals surface area (Å²) in [5.74, 6) is 0. The second kappa shape index (κ2) is 22.2. The number of hydrogen-bond acceptors (Lipinski definition) is 6. The van der Waals surface area contributed by atoms with Gasteiger partial charge < -0.3 is 20.5 Å².